The van der Waals surface area contributed by atoms with Gasteiger partial charge in [0.2, 0.25) is 0 Å². The molecule has 0 spiro atoms. The van der Waals surface area contributed by atoms with Gasteiger partial charge in [0.05, 0.1) is 12.2 Å². The second-order valence-corrected chi connectivity index (χ2v) is 2.68. The number of piperidine rings is 1. The van der Waals surface area contributed by atoms with Gasteiger partial charge in [0.1, 0.15) is 0 Å². The summed E-state index contributed by atoms with van der Waals surface area (Å²) in [5.74, 6) is 0. The van der Waals surface area contributed by atoms with Gasteiger partial charge in [-0.15, -0.1) is 0 Å². The van der Waals surface area contributed by atoms with Crippen LogP contribution in [0.1, 0.15) is 13.3 Å². The highest BCUT2D eigenvalue weighted by Gasteiger charge is 2.23. The van der Waals surface area contributed by atoms with Crippen molar-refractivity contribution in [2.24, 2.45) is 0 Å². The summed E-state index contributed by atoms with van der Waals surface area (Å²) in [5.41, 5.74) is 0. The van der Waals surface area contributed by atoms with Gasteiger partial charge in [0.15, 0.2) is 0 Å². The molecule has 1 heterocycles. The van der Waals surface area contributed by atoms with Crippen molar-refractivity contribution in [1.29, 1.82) is 0 Å². The van der Waals surface area contributed by atoms with Crippen LogP contribution in [0.4, 0.5) is 0 Å². The Morgan fingerprint density at radius 2 is 2.00 bits per heavy atom. The zero-order valence-electron chi connectivity index (χ0n) is 5.54. The molecule has 1 aliphatic rings. The van der Waals surface area contributed by atoms with Crippen LogP contribution in [-0.2, 0) is 0 Å². The third kappa shape index (κ3) is 1.64. The molecule has 3 atom stereocenters. The minimum atomic E-state index is -0.568. The lowest BCUT2D eigenvalue weighted by atomic mass is 10.0. The molecule has 3 N–H and O–H groups in total. The average Bonchev–Trinajstić information content (AvgIpc) is 1.80. The zero-order valence-corrected chi connectivity index (χ0v) is 5.54. The van der Waals surface area contributed by atoms with Crippen LogP contribution < -0.4 is 5.32 Å². The second-order valence-electron chi connectivity index (χ2n) is 2.68. The predicted octanol–water partition coefficient (Wildman–Crippen LogP) is -0.910. The van der Waals surface area contributed by atoms with Crippen molar-refractivity contribution in [1.82, 2.24) is 5.32 Å². The Labute approximate surface area is 54.7 Å². The summed E-state index contributed by atoms with van der Waals surface area (Å²) >= 11 is 0. The summed E-state index contributed by atoms with van der Waals surface area (Å²) < 4.78 is 0. The zero-order chi connectivity index (χ0) is 6.85. The van der Waals surface area contributed by atoms with Crippen molar-refractivity contribution in [3.8, 4) is 0 Å². The summed E-state index contributed by atoms with van der Waals surface area (Å²) in [7, 11) is 0. The van der Waals surface area contributed by atoms with E-state index < -0.39 is 12.2 Å². The minimum absolute atomic E-state index is 0.336. The molecular formula is C6H13NO2. The van der Waals surface area contributed by atoms with Crippen LogP contribution in [0.3, 0.4) is 0 Å². The smallest absolute Gasteiger partial charge is 0.0923 e. The second kappa shape index (κ2) is 2.64. The van der Waals surface area contributed by atoms with Gasteiger partial charge in [0.25, 0.3) is 0 Å². The first-order chi connectivity index (χ1) is 4.20. The van der Waals surface area contributed by atoms with Crippen molar-refractivity contribution in [2.75, 3.05) is 6.54 Å². The fraction of sp³-hybridized carbons (Fsp3) is 1.00. The van der Waals surface area contributed by atoms with E-state index in [2.05, 4.69) is 5.32 Å². The van der Waals surface area contributed by atoms with E-state index in [-0.39, 0.29) is 0 Å². The van der Waals surface area contributed by atoms with Gasteiger partial charge in [-0.3, -0.25) is 0 Å². The van der Waals surface area contributed by atoms with Gasteiger partial charge in [-0.1, -0.05) is 0 Å². The van der Waals surface area contributed by atoms with Gasteiger partial charge < -0.3 is 15.5 Å². The topological polar surface area (TPSA) is 52.5 Å². The Morgan fingerprint density at radius 3 is 2.44 bits per heavy atom. The van der Waals surface area contributed by atoms with Crippen molar-refractivity contribution >= 4 is 0 Å². The molecule has 0 saturated carbocycles. The van der Waals surface area contributed by atoms with Crippen LogP contribution >= 0.6 is 0 Å². The normalized spacial score (nSPS) is 45.0. The van der Waals surface area contributed by atoms with E-state index in [1.807, 2.05) is 6.92 Å². The lowest BCUT2D eigenvalue weighted by Gasteiger charge is -2.28. The molecule has 1 aliphatic heterocycles. The van der Waals surface area contributed by atoms with E-state index in [4.69, 9.17) is 10.2 Å². The lowest BCUT2D eigenvalue weighted by molar-refractivity contribution is -0.00990. The van der Waals surface area contributed by atoms with E-state index in [0.29, 0.717) is 19.0 Å². The number of β-amino-alcohol motifs (C(OH)–C–C–N with tert-alkyl or cyclic N) is 1. The van der Waals surface area contributed by atoms with Crippen LogP contribution in [0.15, 0.2) is 0 Å². The molecule has 1 unspecified atom stereocenters. The maximum atomic E-state index is 9.06. The summed E-state index contributed by atoms with van der Waals surface area (Å²) in [4.78, 5) is 0. The van der Waals surface area contributed by atoms with Crippen LogP contribution in [0, 0.1) is 0 Å². The molecule has 0 aliphatic carbocycles. The third-order valence-corrected chi connectivity index (χ3v) is 1.71. The van der Waals surface area contributed by atoms with E-state index in [0.717, 1.165) is 0 Å². The number of hydrogen-bond donors (Lipinski definition) is 3. The molecule has 1 rings (SSSR count). The van der Waals surface area contributed by atoms with E-state index in [1.165, 1.54) is 0 Å². The van der Waals surface area contributed by atoms with Crippen molar-refractivity contribution < 1.29 is 10.2 Å². The Kier molecular flexibility index (Phi) is 2.05. The molecule has 0 bridgehead atoms. The number of aliphatic hydroxyl groups excluding tert-OH is 2. The van der Waals surface area contributed by atoms with Crippen molar-refractivity contribution in [3.63, 3.8) is 0 Å². The summed E-state index contributed by atoms with van der Waals surface area (Å²) in [6.45, 7) is 2.51. The molecule has 0 aromatic carbocycles. The minimum Gasteiger partial charge on any atom is -0.390 e. The molecule has 0 amide bonds. The van der Waals surface area contributed by atoms with Crippen molar-refractivity contribution in [2.45, 2.75) is 31.6 Å². The Hall–Kier alpha value is -0.120. The first-order valence-electron chi connectivity index (χ1n) is 3.29. The Balaban J connectivity index is 2.35. The molecule has 9 heavy (non-hydrogen) atoms. The quantitative estimate of drug-likeness (QED) is 0.399. The molecule has 1 saturated heterocycles. The van der Waals surface area contributed by atoms with E-state index in [9.17, 15) is 0 Å². The van der Waals surface area contributed by atoms with Gasteiger partial charge >= 0.3 is 0 Å². The molecule has 1 fully saturated rings. The number of aliphatic hydroxyl groups is 2. The SMILES string of the molecule is CC1C[C@H](O)[C@H](O)CN1. The Bertz CT molecular complexity index is 97.1. The first kappa shape index (κ1) is 6.99. The number of rotatable bonds is 0. The van der Waals surface area contributed by atoms with Gasteiger partial charge in [-0.05, 0) is 13.3 Å². The Morgan fingerprint density at radius 1 is 1.33 bits per heavy atom. The van der Waals surface area contributed by atoms with Crippen LogP contribution in [0.2, 0.25) is 0 Å². The highest BCUT2D eigenvalue weighted by molar-refractivity contribution is 4.81. The summed E-state index contributed by atoms with van der Waals surface area (Å²) in [6.07, 6.45) is -0.441. The molecule has 3 heteroatoms. The largest absolute Gasteiger partial charge is 0.390 e. The molecule has 0 aromatic heterocycles. The average molecular weight is 131 g/mol. The third-order valence-electron chi connectivity index (χ3n) is 1.71. The predicted molar refractivity (Wildman–Crippen MR) is 34.1 cm³/mol. The van der Waals surface area contributed by atoms with Crippen LogP contribution in [0.5, 0.6) is 0 Å². The van der Waals surface area contributed by atoms with Crippen LogP contribution in [0.25, 0.3) is 0 Å². The van der Waals surface area contributed by atoms with Crippen molar-refractivity contribution in [3.05, 3.63) is 0 Å². The highest BCUT2D eigenvalue weighted by atomic mass is 16.3. The number of hydrogen-bond acceptors (Lipinski definition) is 3. The fourth-order valence-corrected chi connectivity index (χ4v) is 1.06. The molecule has 0 radical (unpaired) electrons. The monoisotopic (exact) mass is 131 g/mol. The number of nitrogens with one attached hydrogen (secondary N) is 1. The van der Waals surface area contributed by atoms with Gasteiger partial charge in [0, 0.05) is 12.6 Å². The maximum Gasteiger partial charge on any atom is 0.0923 e. The molecule has 3 nitrogen and oxygen atoms in total. The standard InChI is InChI=1S/C6H13NO2/c1-4-2-5(8)6(9)3-7-4/h4-9H,2-3H2,1H3/t4?,5-,6+/m0/s1. The van der Waals surface area contributed by atoms with Gasteiger partial charge in [-0.2, -0.15) is 0 Å². The summed E-state index contributed by atoms with van der Waals surface area (Å²) in [6, 6.07) is 0.336. The molecular weight excluding hydrogens is 118 g/mol. The molecule has 0 aromatic rings. The fourth-order valence-electron chi connectivity index (χ4n) is 1.06. The lowest BCUT2D eigenvalue weighted by Crippen LogP contribution is -2.48. The van der Waals surface area contributed by atoms with E-state index >= 15 is 0 Å². The molecule has 54 valence electrons. The maximum absolute atomic E-state index is 9.06. The first-order valence-corrected chi connectivity index (χ1v) is 3.29. The highest BCUT2D eigenvalue weighted by Crippen LogP contribution is 2.07. The van der Waals surface area contributed by atoms with Crippen LogP contribution in [-0.4, -0.2) is 35.0 Å². The van der Waals surface area contributed by atoms with Gasteiger partial charge in [-0.25, -0.2) is 0 Å². The summed E-state index contributed by atoms with van der Waals surface area (Å²) in [5, 5.41) is 21.1. The van der Waals surface area contributed by atoms with E-state index in [1.54, 1.807) is 0 Å².